The first-order valence-corrected chi connectivity index (χ1v) is 8.44. The Labute approximate surface area is 134 Å². The molecule has 0 atom stereocenters. The van der Waals surface area contributed by atoms with Crippen LogP contribution in [-0.2, 0) is 23.9 Å². The average molecular weight is 406 g/mol. The molecule has 1 aliphatic heterocycles. The summed E-state index contributed by atoms with van der Waals surface area (Å²) in [5, 5.41) is 4.18. The monoisotopic (exact) mass is 406 g/mol. The van der Waals surface area contributed by atoms with Crippen molar-refractivity contribution in [2.75, 3.05) is 20.6 Å². The van der Waals surface area contributed by atoms with Crippen LogP contribution in [0.2, 0.25) is 0 Å². The van der Waals surface area contributed by atoms with Crippen molar-refractivity contribution in [3.63, 3.8) is 0 Å². The summed E-state index contributed by atoms with van der Waals surface area (Å²) >= 11 is 0. The quantitative estimate of drug-likeness (QED) is 0.519. The van der Waals surface area contributed by atoms with Gasteiger partial charge in [-0.2, -0.15) is 43.2 Å². The summed E-state index contributed by atoms with van der Waals surface area (Å²) in [6.07, 6.45) is 8.27. The molecule has 0 aliphatic carbocycles. The molecule has 0 aromatic carbocycles. The van der Waals surface area contributed by atoms with Crippen LogP contribution in [-0.4, -0.2) is 58.5 Å². The van der Waals surface area contributed by atoms with Gasteiger partial charge in [-0.15, -0.1) is 3.63 Å². The van der Waals surface area contributed by atoms with Gasteiger partial charge < -0.3 is 5.01 Å². The number of nitrogens with zero attached hydrogens (tertiary/aromatic N) is 2. The van der Waals surface area contributed by atoms with Gasteiger partial charge in [0.15, 0.2) is 0 Å². The van der Waals surface area contributed by atoms with Crippen molar-refractivity contribution in [3.05, 3.63) is 24.4 Å². The molecular formula is C9H12F6N2O5S2. The zero-order chi connectivity index (χ0) is 19.4. The summed E-state index contributed by atoms with van der Waals surface area (Å²) in [6, 6.07) is 0. The molecule has 1 heterocycles. The molecule has 0 aromatic heterocycles. The summed E-state index contributed by atoms with van der Waals surface area (Å²) in [7, 11) is -9.63. The smallest absolute Gasteiger partial charge is 0.310 e. The van der Waals surface area contributed by atoms with E-state index < -0.39 is 31.3 Å². The molecule has 1 rings (SSSR count). The topological polar surface area (TPSA) is 84.0 Å². The summed E-state index contributed by atoms with van der Waals surface area (Å²) in [4.78, 5) is 0. The maximum atomic E-state index is 11.4. The predicted octanol–water partition coefficient (Wildman–Crippen LogP) is 1.55. The fraction of sp³-hybridized carbons (Fsp3) is 0.556. The van der Waals surface area contributed by atoms with E-state index in [0.717, 1.165) is 6.54 Å². The van der Waals surface area contributed by atoms with Gasteiger partial charge >= 0.3 is 31.3 Å². The number of halogens is 6. The Hall–Kier alpha value is -1.32. The lowest BCUT2D eigenvalue weighted by Crippen LogP contribution is -2.34. The molecule has 0 fully saturated rings. The molecule has 0 saturated carbocycles. The van der Waals surface area contributed by atoms with Crippen LogP contribution in [0.5, 0.6) is 0 Å². The Morgan fingerprint density at radius 1 is 0.917 bits per heavy atom. The second-order valence-corrected chi connectivity index (χ2v) is 7.39. The van der Waals surface area contributed by atoms with Crippen molar-refractivity contribution < 1.29 is 46.8 Å². The first-order valence-electron chi connectivity index (χ1n) is 5.62. The summed E-state index contributed by atoms with van der Waals surface area (Å²) in [5.41, 5.74) is -12.5. The highest BCUT2D eigenvalue weighted by molar-refractivity contribution is 8.00. The molecule has 0 N–H and O–H groups in total. The van der Waals surface area contributed by atoms with Crippen LogP contribution in [0.3, 0.4) is 0 Å². The van der Waals surface area contributed by atoms with Gasteiger partial charge in [-0.05, 0) is 6.08 Å². The predicted molar refractivity (Wildman–Crippen MR) is 69.7 cm³/mol. The first kappa shape index (κ1) is 22.7. The van der Waals surface area contributed by atoms with Crippen LogP contribution < -0.4 is 0 Å². The van der Waals surface area contributed by atoms with Gasteiger partial charge in [0.25, 0.3) is 0 Å². The number of hydrogen-bond acceptors (Lipinski definition) is 7. The lowest BCUT2D eigenvalue weighted by molar-refractivity contribution is -0.0585. The standard InChI is InChI=1S/C7H12N2.C2F6O5S2/c1-8(2)9-6-4-3-5-7-9;3-1(4,5)14(9,10)13-15(11,12)2(6,7)8/h3-6H,7H2,1-2H3;. The Kier molecular flexibility index (Phi) is 7.29. The minimum Gasteiger partial charge on any atom is -0.310 e. The van der Waals surface area contributed by atoms with E-state index in [1.54, 1.807) is 0 Å². The minimum atomic E-state index is -6.85. The Bertz CT molecular complexity index is 636. The molecule has 15 heteroatoms. The lowest BCUT2D eigenvalue weighted by atomic mass is 10.4. The molecule has 142 valence electrons. The van der Waals surface area contributed by atoms with E-state index in [1.807, 2.05) is 23.8 Å². The second kappa shape index (κ2) is 7.71. The Morgan fingerprint density at radius 3 is 1.54 bits per heavy atom. The van der Waals surface area contributed by atoms with Gasteiger partial charge in [0.1, 0.15) is 0 Å². The third-order valence-electron chi connectivity index (χ3n) is 2.06. The van der Waals surface area contributed by atoms with E-state index >= 15 is 0 Å². The molecule has 0 aromatic rings. The molecule has 0 saturated heterocycles. The molecule has 24 heavy (non-hydrogen) atoms. The van der Waals surface area contributed by atoms with Crippen molar-refractivity contribution in [2.24, 2.45) is 0 Å². The third kappa shape index (κ3) is 6.66. The van der Waals surface area contributed by atoms with E-state index in [-0.39, 0.29) is 0 Å². The second-order valence-electron chi connectivity index (χ2n) is 4.11. The minimum absolute atomic E-state index is 0.990. The van der Waals surface area contributed by atoms with Gasteiger partial charge in [-0.3, -0.25) is 0 Å². The first-order chi connectivity index (χ1) is 10.5. The van der Waals surface area contributed by atoms with E-state index in [1.165, 1.54) is 0 Å². The number of alkyl halides is 6. The fourth-order valence-electron chi connectivity index (χ4n) is 0.949. The van der Waals surface area contributed by atoms with E-state index in [0.29, 0.717) is 0 Å². The summed E-state index contributed by atoms with van der Waals surface area (Å²) in [6.45, 7) is 0.990. The summed E-state index contributed by atoms with van der Waals surface area (Å²) in [5.74, 6) is 0. The largest absolute Gasteiger partial charge is 0.524 e. The Balaban J connectivity index is 0.000000496. The molecule has 1 aliphatic rings. The van der Waals surface area contributed by atoms with Gasteiger partial charge in [0, 0.05) is 20.3 Å². The average Bonchev–Trinajstić information content (AvgIpc) is 2.36. The van der Waals surface area contributed by atoms with Crippen LogP contribution in [0.15, 0.2) is 24.4 Å². The van der Waals surface area contributed by atoms with E-state index in [2.05, 4.69) is 28.4 Å². The van der Waals surface area contributed by atoms with Crippen LogP contribution in [0.25, 0.3) is 0 Å². The SMILES string of the molecule is CN(C)N1C=CC=CC1.O=S(=O)(OS(=O)(=O)C(F)(F)F)C(F)(F)F. The lowest BCUT2D eigenvalue weighted by Gasteiger charge is -2.27. The van der Waals surface area contributed by atoms with Crippen molar-refractivity contribution >= 4 is 20.2 Å². The number of allylic oxidation sites excluding steroid dienone is 2. The van der Waals surface area contributed by atoms with Crippen molar-refractivity contribution in [1.82, 2.24) is 10.0 Å². The van der Waals surface area contributed by atoms with Gasteiger partial charge in [0.2, 0.25) is 0 Å². The number of hydrazine groups is 1. The zero-order valence-corrected chi connectivity index (χ0v) is 13.7. The number of rotatable bonds is 3. The zero-order valence-electron chi connectivity index (χ0n) is 12.0. The van der Waals surface area contributed by atoms with Crippen LogP contribution in [0.1, 0.15) is 0 Å². The van der Waals surface area contributed by atoms with Gasteiger partial charge in [-0.25, -0.2) is 5.01 Å². The highest BCUT2D eigenvalue weighted by Gasteiger charge is 2.57. The highest BCUT2D eigenvalue weighted by atomic mass is 32.3. The van der Waals surface area contributed by atoms with E-state index in [9.17, 15) is 43.2 Å². The molecule has 7 nitrogen and oxygen atoms in total. The van der Waals surface area contributed by atoms with Crippen LogP contribution >= 0.6 is 0 Å². The Morgan fingerprint density at radius 2 is 1.33 bits per heavy atom. The summed E-state index contributed by atoms with van der Waals surface area (Å²) < 4.78 is 110. The van der Waals surface area contributed by atoms with E-state index in [4.69, 9.17) is 0 Å². The molecule has 0 spiro atoms. The normalized spacial score (nSPS) is 16.1. The van der Waals surface area contributed by atoms with Crippen LogP contribution in [0.4, 0.5) is 26.3 Å². The fourth-order valence-corrected chi connectivity index (χ4v) is 2.51. The highest BCUT2D eigenvalue weighted by Crippen LogP contribution is 2.32. The van der Waals surface area contributed by atoms with Crippen molar-refractivity contribution in [3.8, 4) is 0 Å². The van der Waals surface area contributed by atoms with Crippen LogP contribution in [0, 0.1) is 0 Å². The molecule has 0 bridgehead atoms. The maximum Gasteiger partial charge on any atom is 0.524 e. The van der Waals surface area contributed by atoms with Crippen molar-refractivity contribution in [1.29, 1.82) is 0 Å². The molecule has 0 amide bonds. The van der Waals surface area contributed by atoms with Gasteiger partial charge in [-0.1, -0.05) is 12.2 Å². The molecule has 0 unspecified atom stereocenters. The third-order valence-corrected chi connectivity index (χ3v) is 4.62. The number of hydrogen-bond donors (Lipinski definition) is 0. The maximum absolute atomic E-state index is 11.4. The molecule has 0 radical (unpaired) electrons. The molecular weight excluding hydrogens is 394 g/mol. The van der Waals surface area contributed by atoms with Crippen molar-refractivity contribution in [2.45, 2.75) is 11.0 Å². The van der Waals surface area contributed by atoms with Gasteiger partial charge in [0.05, 0.1) is 6.54 Å².